The SMILES string of the molecule is CN(C)CCC(=O)Cc1ccc(F)cc1. The van der Waals surface area contributed by atoms with Crippen molar-refractivity contribution >= 4 is 5.78 Å². The first-order chi connectivity index (χ1) is 7.08. The first kappa shape index (κ1) is 11.9. The zero-order valence-corrected chi connectivity index (χ0v) is 9.16. The second-order valence-electron chi connectivity index (χ2n) is 3.90. The normalized spacial score (nSPS) is 10.7. The molecular formula is C12H16FNO. The number of halogens is 1. The molecule has 0 N–H and O–H groups in total. The zero-order chi connectivity index (χ0) is 11.3. The largest absolute Gasteiger partial charge is 0.309 e. The molecule has 0 aliphatic heterocycles. The Hall–Kier alpha value is -1.22. The van der Waals surface area contributed by atoms with E-state index in [0.717, 1.165) is 12.1 Å². The van der Waals surface area contributed by atoms with E-state index in [-0.39, 0.29) is 11.6 Å². The van der Waals surface area contributed by atoms with Crippen LogP contribution in [0.15, 0.2) is 24.3 Å². The Labute approximate surface area is 89.7 Å². The fourth-order valence-corrected chi connectivity index (χ4v) is 1.27. The van der Waals surface area contributed by atoms with E-state index in [1.807, 2.05) is 19.0 Å². The molecule has 0 heterocycles. The van der Waals surface area contributed by atoms with Crippen LogP contribution in [0.3, 0.4) is 0 Å². The Morgan fingerprint density at radius 1 is 1.27 bits per heavy atom. The van der Waals surface area contributed by atoms with Crippen molar-refractivity contribution in [3.05, 3.63) is 35.6 Å². The molecule has 0 aliphatic carbocycles. The Kier molecular flexibility index (Phi) is 4.43. The number of rotatable bonds is 5. The van der Waals surface area contributed by atoms with Crippen LogP contribution in [0.25, 0.3) is 0 Å². The third-order valence-corrected chi connectivity index (χ3v) is 2.15. The van der Waals surface area contributed by atoms with Gasteiger partial charge < -0.3 is 4.90 Å². The summed E-state index contributed by atoms with van der Waals surface area (Å²) in [6.07, 6.45) is 0.943. The lowest BCUT2D eigenvalue weighted by Crippen LogP contribution is -2.17. The Bertz CT molecular complexity index is 319. The minimum absolute atomic E-state index is 0.190. The van der Waals surface area contributed by atoms with E-state index in [1.165, 1.54) is 12.1 Å². The third-order valence-electron chi connectivity index (χ3n) is 2.15. The van der Waals surface area contributed by atoms with E-state index in [0.29, 0.717) is 12.8 Å². The predicted octanol–water partition coefficient (Wildman–Crippen LogP) is 1.89. The highest BCUT2D eigenvalue weighted by molar-refractivity contribution is 5.80. The molecule has 0 saturated carbocycles. The van der Waals surface area contributed by atoms with E-state index in [2.05, 4.69) is 0 Å². The summed E-state index contributed by atoms with van der Waals surface area (Å²) in [5.41, 5.74) is 0.875. The Morgan fingerprint density at radius 2 is 1.87 bits per heavy atom. The van der Waals surface area contributed by atoms with Crippen molar-refractivity contribution in [3.63, 3.8) is 0 Å². The number of ketones is 1. The summed E-state index contributed by atoms with van der Waals surface area (Å²) in [7, 11) is 3.87. The lowest BCUT2D eigenvalue weighted by atomic mass is 10.1. The molecule has 82 valence electrons. The molecule has 0 fully saturated rings. The van der Waals surface area contributed by atoms with Crippen molar-refractivity contribution < 1.29 is 9.18 Å². The van der Waals surface area contributed by atoms with Crippen LogP contribution < -0.4 is 0 Å². The molecule has 0 unspecified atom stereocenters. The predicted molar refractivity (Wildman–Crippen MR) is 58.3 cm³/mol. The van der Waals surface area contributed by atoms with Gasteiger partial charge in [0.1, 0.15) is 11.6 Å². The summed E-state index contributed by atoms with van der Waals surface area (Å²) in [5, 5.41) is 0. The van der Waals surface area contributed by atoms with Gasteiger partial charge in [0.05, 0.1) is 0 Å². The second kappa shape index (κ2) is 5.61. The molecule has 0 bridgehead atoms. The minimum Gasteiger partial charge on any atom is -0.309 e. The maximum Gasteiger partial charge on any atom is 0.138 e. The van der Waals surface area contributed by atoms with Gasteiger partial charge in [0, 0.05) is 19.4 Å². The average molecular weight is 209 g/mol. The van der Waals surface area contributed by atoms with Crippen molar-refractivity contribution in [1.82, 2.24) is 4.90 Å². The van der Waals surface area contributed by atoms with E-state index >= 15 is 0 Å². The van der Waals surface area contributed by atoms with Gasteiger partial charge in [0.15, 0.2) is 0 Å². The fraction of sp³-hybridized carbons (Fsp3) is 0.417. The average Bonchev–Trinajstić information content (AvgIpc) is 2.19. The maximum absolute atomic E-state index is 12.6. The molecule has 0 aromatic heterocycles. The highest BCUT2D eigenvalue weighted by atomic mass is 19.1. The molecule has 0 aliphatic rings. The topological polar surface area (TPSA) is 20.3 Å². The van der Waals surface area contributed by atoms with Gasteiger partial charge in [-0.2, -0.15) is 0 Å². The van der Waals surface area contributed by atoms with Crippen LogP contribution in [-0.4, -0.2) is 31.3 Å². The minimum atomic E-state index is -0.264. The number of carbonyl (C=O) groups is 1. The van der Waals surface area contributed by atoms with E-state index in [4.69, 9.17) is 0 Å². The highest BCUT2D eigenvalue weighted by Crippen LogP contribution is 2.05. The van der Waals surface area contributed by atoms with Crippen LogP contribution >= 0.6 is 0 Å². The molecule has 1 rings (SSSR count). The third kappa shape index (κ3) is 4.70. The first-order valence-electron chi connectivity index (χ1n) is 4.99. The summed E-state index contributed by atoms with van der Waals surface area (Å²) in [4.78, 5) is 13.5. The Morgan fingerprint density at radius 3 is 2.40 bits per heavy atom. The second-order valence-corrected chi connectivity index (χ2v) is 3.90. The van der Waals surface area contributed by atoms with Gasteiger partial charge in [-0.15, -0.1) is 0 Å². The molecule has 0 radical (unpaired) electrons. The van der Waals surface area contributed by atoms with Gasteiger partial charge in [0.2, 0.25) is 0 Å². The number of carbonyl (C=O) groups excluding carboxylic acids is 1. The molecule has 0 atom stereocenters. The molecule has 0 spiro atoms. The van der Waals surface area contributed by atoms with Crippen LogP contribution in [0.5, 0.6) is 0 Å². The molecule has 15 heavy (non-hydrogen) atoms. The van der Waals surface area contributed by atoms with E-state index in [1.54, 1.807) is 12.1 Å². The smallest absolute Gasteiger partial charge is 0.138 e. The summed E-state index contributed by atoms with van der Waals surface area (Å²) < 4.78 is 12.6. The fourth-order valence-electron chi connectivity index (χ4n) is 1.27. The van der Waals surface area contributed by atoms with Crippen LogP contribution in [-0.2, 0) is 11.2 Å². The summed E-state index contributed by atoms with van der Waals surface area (Å²) in [6.45, 7) is 0.764. The van der Waals surface area contributed by atoms with Gasteiger partial charge in [-0.3, -0.25) is 4.79 Å². The number of benzene rings is 1. The van der Waals surface area contributed by atoms with Gasteiger partial charge in [0.25, 0.3) is 0 Å². The van der Waals surface area contributed by atoms with Crippen molar-refractivity contribution in [1.29, 1.82) is 0 Å². The van der Waals surface area contributed by atoms with Gasteiger partial charge in [-0.25, -0.2) is 4.39 Å². The molecule has 3 heteroatoms. The highest BCUT2D eigenvalue weighted by Gasteiger charge is 2.04. The monoisotopic (exact) mass is 209 g/mol. The van der Waals surface area contributed by atoms with Crippen molar-refractivity contribution in [2.45, 2.75) is 12.8 Å². The molecule has 2 nitrogen and oxygen atoms in total. The van der Waals surface area contributed by atoms with Gasteiger partial charge >= 0.3 is 0 Å². The molecular weight excluding hydrogens is 193 g/mol. The van der Waals surface area contributed by atoms with Crippen molar-refractivity contribution in [2.24, 2.45) is 0 Å². The summed E-state index contributed by atoms with van der Waals surface area (Å²) >= 11 is 0. The molecule has 0 amide bonds. The lowest BCUT2D eigenvalue weighted by Gasteiger charge is -2.08. The number of hydrogen-bond acceptors (Lipinski definition) is 2. The zero-order valence-electron chi connectivity index (χ0n) is 9.16. The van der Waals surface area contributed by atoms with Crippen LogP contribution in [0.4, 0.5) is 4.39 Å². The van der Waals surface area contributed by atoms with E-state index < -0.39 is 0 Å². The Balaban J connectivity index is 2.41. The maximum atomic E-state index is 12.6. The van der Waals surface area contributed by atoms with Crippen molar-refractivity contribution in [3.8, 4) is 0 Å². The molecule has 1 aromatic rings. The van der Waals surface area contributed by atoms with Gasteiger partial charge in [-0.05, 0) is 31.8 Å². The standard InChI is InChI=1S/C12H16FNO/c1-14(2)8-7-12(15)9-10-3-5-11(13)6-4-10/h3-6H,7-9H2,1-2H3. The van der Waals surface area contributed by atoms with Crippen LogP contribution in [0, 0.1) is 5.82 Å². The number of hydrogen-bond donors (Lipinski definition) is 0. The van der Waals surface area contributed by atoms with Gasteiger partial charge in [-0.1, -0.05) is 12.1 Å². The van der Waals surface area contributed by atoms with Crippen LogP contribution in [0.2, 0.25) is 0 Å². The molecule has 1 aromatic carbocycles. The number of nitrogens with zero attached hydrogens (tertiary/aromatic N) is 1. The lowest BCUT2D eigenvalue weighted by molar-refractivity contribution is -0.118. The van der Waals surface area contributed by atoms with E-state index in [9.17, 15) is 9.18 Å². The summed E-state index contributed by atoms with van der Waals surface area (Å²) in [5.74, 6) is -0.0743. The number of Topliss-reactive ketones (excluding diaryl/α,β-unsaturated/α-hetero) is 1. The van der Waals surface area contributed by atoms with Crippen molar-refractivity contribution in [2.75, 3.05) is 20.6 Å². The first-order valence-corrected chi connectivity index (χ1v) is 4.99. The summed E-state index contributed by atoms with van der Waals surface area (Å²) in [6, 6.07) is 6.08. The quantitative estimate of drug-likeness (QED) is 0.738. The molecule has 0 saturated heterocycles. The van der Waals surface area contributed by atoms with Crippen LogP contribution in [0.1, 0.15) is 12.0 Å².